The van der Waals surface area contributed by atoms with Crippen LogP contribution < -0.4 is 16.0 Å². The first-order chi connectivity index (χ1) is 11.0. The van der Waals surface area contributed by atoms with E-state index < -0.39 is 12.1 Å². The van der Waals surface area contributed by atoms with Crippen LogP contribution in [0, 0.1) is 0 Å². The van der Waals surface area contributed by atoms with Crippen LogP contribution in [0.1, 0.15) is 25.8 Å². The smallest absolute Gasteiger partial charge is 0.319 e. The van der Waals surface area contributed by atoms with Gasteiger partial charge in [0.2, 0.25) is 11.8 Å². The van der Waals surface area contributed by atoms with Gasteiger partial charge in [-0.3, -0.25) is 19.7 Å². The molecular formula is C16H23N3O4. The minimum atomic E-state index is -0.632. The van der Waals surface area contributed by atoms with Crippen molar-refractivity contribution >= 4 is 17.8 Å². The summed E-state index contributed by atoms with van der Waals surface area (Å²) < 4.78 is 4.79. The first-order valence-corrected chi connectivity index (χ1v) is 7.48. The lowest BCUT2D eigenvalue weighted by Crippen LogP contribution is -2.49. The number of amides is 2. The number of carbonyl (C=O) groups excluding carboxylic acids is 3. The van der Waals surface area contributed by atoms with Gasteiger partial charge in [-0.05, 0) is 12.5 Å². The third-order valence-corrected chi connectivity index (χ3v) is 2.90. The van der Waals surface area contributed by atoms with E-state index in [1.54, 1.807) is 6.92 Å². The maximum atomic E-state index is 12.0. The summed E-state index contributed by atoms with van der Waals surface area (Å²) in [6.07, 6.45) is -0.612. The van der Waals surface area contributed by atoms with E-state index in [1.165, 1.54) is 6.92 Å². The van der Waals surface area contributed by atoms with Crippen molar-refractivity contribution < 1.29 is 19.1 Å². The Kier molecular flexibility index (Phi) is 8.38. The van der Waals surface area contributed by atoms with Crippen LogP contribution in [0.4, 0.5) is 0 Å². The number of hydrogen-bond donors (Lipinski definition) is 3. The van der Waals surface area contributed by atoms with Crippen molar-refractivity contribution in [2.24, 2.45) is 0 Å². The van der Waals surface area contributed by atoms with Gasteiger partial charge in [-0.15, -0.1) is 0 Å². The van der Waals surface area contributed by atoms with Crippen molar-refractivity contribution in [2.45, 2.75) is 33.0 Å². The van der Waals surface area contributed by atoms with E-state index >= 15 is 0 Å². The average Bonchev–Trinajstić information content (AvgIpc) is 2.51. The SMILES string of the molecule is CCOC(=O)CNC(CC(=O)NCc1ccccc1)NC(C)=O. The molecule has 1 unspecified atom stereocenters. The van der Waals surface area contributed by atoms with E-state index in [9.17, 15) is 14.4 Å². The highest BCUT2D eigenvalue weighted by Gasteiger charge is 2.16. The van der Waals surface area contributed by atoms with E-state index in [0.29, 0.717) is 6.54 Å². The molecule has 0 aromatic heterocycles. The van der Waals surface area contributed by atoms with E-state index in [1.807, 2.05) is 30.3 Å². The topological polar surface area (TPSA) is 96.5 Å². The fourth-order valence-electron chi connectivity index (χ4n) is 1.89. The van der Waals surface area contributed by atoms with Crippen LogP contribution in [0.2, 0.25) is 0 Å². The van der Waals surface area contributed by atoms with Gasteiger partial charge in [-0.25, -0.2) is 0 Å². The molecule has 0 radical (unpaired) electrons. The summed E-state index contributed by atoms with van der Waals surface area (Å²) in [6.45, 7) is 3.67. The molecule has 7 heteroatoms. The molecule has 0 heterocycles. The Balaban J connectivity index is 2.43. The molecule has 0 saturated heterocycles. The summed E-state index contributed by atoms with van der Waals surface area (Å²) in [6, 6.07) is 9.50. The van der Waals surface area contributed by atoms with Gasteiger partial charge in [-0.1, -0.05) is 30.3 Å². The highest BCUT2D eigenvalue weighted by Crippen LogP contribution is 1.98. The molecule has 3 N–H and O–H groups in total. The van der Waals surface area contributed by atoms with Gasteiger partial charge in [0.25, 0.3) is 0 Å². The lowest BCUT2D eigenvalue weighted by molar-refractivity contribution is -0.142. The van der Waals surface area contributed by atoms with Crippen LogP contribution in [0.3, 0.4) is 0 Å². The summed E-state index contributed by atoms with van der Waals surface area (Å²) in [5, 5.41) is 8.15. The van der Waals surface area contributed by atoms with E-state index in [-0.39, 0.29) is 31.4 Å². The number of ether oxygens (including phenoxy) is 1. The predicted octanol–water partition coefficient (Wildman–Crippen LogP) is 0.308. The Hall–Kier alpha value is -2.41. The molecule has 0 aliphatic heterocycles. The number of hydrogen-bond acceptors (Lipinski definition) is 5. The maximum Gasteiger partial charge on any atom is 0.319 e. The fourth-order valence-corrected chi connectivity index (χ4v) is 1.89. The van der Waals surface area contributed by atoms with Gasteiger partial charge < -0.3 is 15.4 Å². The summed E-state index contributed by atoms with van der Waals surface area (Å²) >= 11 is 0. The third-order valence-electron chi connectivity index (χ3n) is 2.90. The predicted molar refractivity (Wildman–Crippen MR) is 85.1 cm³/mol. The van der Waals surface area contributed by atoms with Gasteiger partial charge in [-0.2, -0.15) is 0 Å². The minimum Gasteiger partial charge on any atom is -0.465 e. The zero-order valence-electron chi connectivity index (χ0n) is 13.4. The quantitative estimate of drug-likeness (QED) is 0.449. The molecule has 1 aromatic rings. The molecule has 126 valence electrons. The molecule has 0 aliphatic rings. The molecule has 7 nitrogen and oxygen atoms in total. The van der Waals surface area contributed by atoms with Crippen molar-refractivity contribution in [1.29, 1.82) is 0 Å². The Morgan fingerprint density at radius 3 is 2.48 bits per heavy atom. The van der Waals surface area contributed by atoms with Crippen LogP contribution in [-0.4, -0.2) is 37.1 Å². The standard InChI is InChI=1S/C16H23N3O4/c1-3-23-16(22)11-17-14(19-12(2)20)9-15(21)18-10-13-7-5-4-6-8-13/h4-8,14,17H,3,9-11H2,1-2H3,(H,18,21)(H,19,20). The number of rotatable bonds is 9. The van der Waals surface area contributed by atoms with Gasteiger partial charge in [0.05, 0.1) is 25.7 Å². The van der Waals surface area contributed by atoms with Crippen molar-refractivity contribution in [3.8, 4) is 0 Å². The zero-order chi connectivity index (χ0) is 17.1. The Morgan fingerprint density at radius 2 is 1.87 bits per heavy atom. The first kappa shape index (κ1) is 18.6. The lowest BCUT2D eigenvalue weighted by Gasteiger charge is -2.18. The Bertz CT molecular complexity index is 519. The van der Waals surface area contributed by atoms with Crippen LogP contribution >= 0.6 is 0 Å². The molecule has 1 rings (SSSR count). The van der Waals surface area contributed by atoms with Gasteiger partial charge in [0.15, 0.2) is 0 Å². The normalized spacial score (nSPS) is 11.4. The largest absolute Gasteiger partial charge is 0.465 e. The zero-order valence-corrected chi connectivity index (χ0v) is 13.4. The maximum absolute atomic E-state index is 12.0. The molecule has 0 aliphatic carbocycles. The van der Waals surface area contributed by atoms with Crippen LogP contribution in [0.25, 0.3) is 0 Å². The molecule has 1 aromatic carbocycles. The molecule has 1 atom stereocenters. The fraction of sp³-hybridized carbons (Fsp3) is 0.438. The molecule has 2 amide bonds. The molecule has 0 fully saturated rings. The third kappa shape index (κ3) is 8.57. The van der Waals surface area contributed by atoms with Crippen molar-refractivity contribution in [3.63, 3.8) is 0 Å². The van der Waals surface area contributed by atoms with E-state index in [4.69, 9.17) is 4.74 Å². The monoisotopic (exact) mass is 321 g/mol. The van der Waals surface area contributed by atoms with Crippen molar-refractivity contribution in [1.82, 2.24) is 16.0 Å². The molecular weight excluding hydrogens is 298 g/mol. The second-order valence-corrected chi connectivity index (χ2v) is 4.91. The van der Waals surface area contributed by atoms with E-state index in [2.05, 4.69) is 16.0 Å². The van der Waals surface area contributed by atoms with Crippen LogP contribution in [0.15, 0.2) is 30.3 Å². The highest BCUT2D eigenvalue weighted by molar-refractivity contribution is 5.79. The summed E-state index contributed by atoms with van der Waals surface area (Å²) in [5.74, 6) is -0.960. The average molecular weight is 321 g/mol. The van der Waals surface area contributed by atoms with Crippen LogP contribution in [0.5, 0.6) is 0 Å². The molecule has 0 spiro atoms. The minimum absolute atomic E-state index is 0.0197. The summed E-state index contributed by atoms with van der Waals surface area (Å²) in [5.41, 5.74) is 0.983. The highest BCUT2D eigenvalue weighted by atomic mass is 16.5. The number of benzene rings is 1. The Labute approximate surface area is 135 Å². The number of esters is 1. The van der Waals surface area contributed by atoms with Crippen molar-refractivity contribution in [3.05, 3.63) is 35.9 Å². The summed E-state index contributed by atoms with van der Waals surface area (Å²) in [7, 11) is 0. The summed E-state index contributed by atoms with van der Waals surface area (Å²) in [4.78, 5) is 34.5. The molecule has 0 bridgehead atoms. The van der Waals surface area contributed by atoms with Gasteiger partial charge >= 0.3 is 5.97 Å². The number of nitrogens with one attached hydrogen (secondary N) is 3. The molecule has 0 saturated carbocycles. The van der Waals surface area contributed by atoms with Crippen LogP contribution in [-0.2, 0) is 25.7 Å². The van der Waals surface area contributed by atoms with Gasteiger partial charge in [0.1, 0.15) is 0 Å². The van der Waals surface area contributed by atoms with Crippen molar-refractivity contribution in [2.75, 3.05) is 13.2 Å². The molecule has 23 heavy (non-hydrogen) atoms. The first-order valence-electron chi connectivity index (χ1n) is 7.48. The van der Waals surface area contributed by atoms with Gasteiger partial charge in [0, 0.05) is 13.5 Å². The Morgan fingerprint density at radius 1 is 1.17 bits per heavy atom. The lowest BCUT2D eigenvalue weighted by atomic mass is 10.2. The number of carbonyl (C=O) groups is 3. The second-order valence-electron chi connectivity index (χ2n) is 4.91. The van der Waals surface area contributed by atoms with E-state index in [0.717, 1.165) is 5.56 Å². The second kappa shape index (κ2) is 10.3.